The number of amides is 1. The van der Waals surface area contributed by atoms with Crippen LogP contribution in [0.25, 0.3) is 0 Å². The maximum atomic E-state index is 11.8. The second-order valence-corrected chi connectivity index (χ2v) is 6.09. The summed E-state index contributed by atoms with van der Waals surface area (Å²) in [5.41, 5.74) is 2.34. The van der Waals surface area contributed by atoms with E-state index in [1.165, 1.54) is 0 Å². The van der Waals surface area contributed by atoms with Crippen molar-refractivity contribution in [3.05, 3.63) is 43.9 Å². The van der Waals surface area contributed by atoms with Crippen LogP contribution in [0, 0.1) is 9.81 Å². The molecule has 1 N–H and O–H groups in total. The molecule has 16 heavy (non-hydrogen) atoms. The van der Waals surface area contributed by atoms with E-state index in [4.69, 9.17) is 0 Å². The lowest BCUT2D eigenvalue weighted by atomic mass is 10.3. The number of nitrogens with zero attached hydrogens (tertiary/aromatic N) is 1. The molecule has 0 aliphatic heterocycles. The van der Waals surface area contributed by atoms with Crippen molar-refractivity contribution in [1.82, 2.24) is 4.98 Å². The molecule has 0 unspecified atom stereocenters. The smallest absolute Gasteiger partial charge is 0.256 e. The maximum Gasteiger partial charge on any atom is 0.256 e. The Morgan fingerprint density at radius 3 is 2.88 bits per heavy atom. The molecular weight excluding hydrogens is 335 g/mol. The first-order chi connectivity index (χ1) is 7.65. The summed E-state index contributed by atoms with van der Waals surface area (Å²) in [6.07, 6.45) is 1.66. The van der Waals surface area contributed by atoms with E-state index in [-0.39, 0.29) is 5.91 Å². The number of carbonyl (C=O) groups is 1. The summed E-state index contributed by atoms with van der Waals surface area (Å²) in [5, 5.41) is 4.65. The van der Waals surface area contributed by atoms with Crippen molar-refractivity contribution < 1.29 is 4.79 Å². The van der Waals surface area contributed by atoms with E-state index in [1.54, 1.807) is 17.5 Å². The third-order valence-corrected chi connectivity index (χ3v) is 3.79. The van der Waals surface area contributed by atoms with Gasteiger partial charge in [-0.25, -0.2) is 0 Å². The van der Waals surface area contributed by atoms with Gasteiger partial charge in [-0.1, -0.05) is 0 Å². The number of thiophene rings is 1. The number of carbonyl (C=O) groups excluding carboxylic acids is 1. The molecule has 0 saturated heterocycles. The molecule has 3 nitrogen and oxygen atoms in total. The number of pyridine rings is 1. The van der Waals surface area contributed by atoms with E-state index < -0.39 is 0 Å². The lowest BCUT2D eigenvalue weighted by Crippen LogP contribution is -2.10. The number of nitrogens with one attached hydrogen (secondary N) is 1. The topological polar surface area (TPSA) is 42.0 Å². The average Bonchev–Trinajstić information content (AvgIpc) is 2.68. The first-order valence-corrected chi connectivity index (χ1v) is 6.59. The fraction of sp³-hybridized carbons (Fsp3) is 0.0909. The molecule has 2 aromatic rings. The van der Waals surface area contributed by atoms with Gasteiger partial charge >= 0.3 is 0 Å². The van der Waals surface area contributed by atoms with Gasteiger partial charge in [-0.15, -0.1) is 11.3 Å². The number of anilines is 1. The molecule has 1 amide bonds. The van der Waals surface area contributed by atoms with Crippen LogP contribution in [0.15, 0.2) is 29.8 Å². The summed E-state index contributed by atoms with van der Waals surface area (Å²) in [5.74, 6) is -0.0928. The predicted molar refractivity (Wildman–Crippen MR) is 74.0 cm³/mol. The Balaban J connectivity index is 2.10. The first-order valence-electron chi connectivity index (χ1n) is 4.63. The van der Waals surface area contributed by atoms with Crippen LogP contribution >= 0.6 is 33.9 Å². The van der Waals surface area contributed by atoms with Gasteiger partial charge in [0.05, 0.1) is 20.3 Å². The standard InChI is InChI=1S/C11H9IN2OS/c1-7-2-3-9(5-13-7)14-11(15)8-4-10(12)16-6-8/h2-6H,1H3,(H,14,15). The SMILES string of the molecule is Cc1ccc(NC(=O)c2csc(I)c2)cn1. The van der Waals surface area contributed by atoms with Crippen molar-refractivity contribution in [2.24, 2.45) is 0 Å². The fourth-order valence-electron chi connectivity index (χ4n) is 1.17. The van der Waals surface area contributed by atoms with Gasteiger partial charge in [0.2, 0.25) is 0 Å². The van der Waals surface area contributed by atoms with E-state index in [0.29, 0.717) is 5.56 Å². The third kappa shape index (κ3) is 2.79. The van der Waals surface area contributed by atoms with Crippen LogP contribution < -0.4 is 5.32 Å². The molecule has 0 aromatic carbocycles. The fourth-order valence-corrected chi connectivity index (χ4v) is 2.50. The highest BCUT2D eigenvalue weighted by atomic mass is 127. The minimum absolute atomic E-state index is 0.0928. The number of hydrogen-bond donors (Lipinski definition) is 1. The first kappa shape index (κ1) is 11.5. The zero-order valence-electron chi connectivity index (χ0n) is 8.53. The maximum absolute atomic E-state index is 11.8. The molecule has 0 spiro atoms. The molecule has 2 rings (SSSR count). The van der Waals surface area contributed by atoms with Crippen molar-refractivity contribution >= 4 is 45.5 Å². The largest absolute Gasteiger partial charge is 0.321 e. The van der Waals surface area contributed by atoms with E-state index in [2.05, 4.69) is 32.9 Å². The van der Waals surface area contributed by atoms with E-state index in [1.807, 2.05) is 30.5 Å². The van der Waals surface area contributed by atoms with Gasteiger partial charge < -0.3 is 5.32 Å². The quantitative estimate of drug-likeness (QED) is 0.850. The van der Waals surface area contributed by atoms with Crippen LogP contribution in [0.1, 0.15) is 16.1 Å². The molecule has 0 saturated carbocycles. The number of halogens is 1. The molecule has 0 radical (unpaired) electrons. The molecular formula is C11H9IN2OS. The molecule has 2 aromatic heterocycles. The number of rotatable bonds is 2. The zero-order chi connectivity index (χ0) is 11.5. The van der Waals surface area contributed by atoms with Gasteiger partial charge in [-0.05, 0) is 47.7 Å². The minimum atomic E-state index is -0.0928. The number of aryl methyl sites for hydroxylation is 1. The van der Waals surface area contributed by atoms with Crippen LogP contribution in [0.4, 0.5) is 5.69 Å². The summed E-state index contributed by atoms with van der Waals surface area (Å²) in [4.78, 5) is 15.9. The molecule has 0 aliphatic rings. The number of hydrogen-bond acceptors (Lipinski definition) is 3. The Hall–Kier alpha value is -0.950. The van der Waals surface area contributed by atoms with Gasteiger partial charge in [-0.2, -0.15) is 0 Å². The van der Waals surface area contributed by atoms with E-state index >= 15 is 0 Å². The van der Waals surface area contributed by atoms with Crippen LogP contribution in [0.3, 0.4) is 0 Å². The van der Waals surface area contributed by atoms with Crippen LogP contribution in [0.5, 0.6) is 0 Å². The van der Waals surface area contributed by atoms with E-state index in [0.717, 1.165) is 14.3 Å². The molecule has 0 fully saturated rings. The van der Waals surface area contributed by atoms with Crippen molar-refractivity contribution in [2.45, 2.75) is 6.92 Å². The van der Waals surface area contributed by atoms with Gasteiger partial charge in [0, 0.05) is 11.1 Å². The Morgan fingerprint density at radius 1 is 1.50 bits per heavy atom. The van der Waals surface area contributed by atoms with Crippen LogP contribution in [0.2, 0.25) is 0 Å². The highest BCUT2D eigenvalue weighted by molar-refractivity contribution is 14.1. The predicted octanol–water partition coefficient (Wildman–Crippen LogP) is 3.31. The highest BCUT2D eigenvalue weighted by Gasteiger charge is 2.07. The zero-order valence-corrected chi connectivity index (χ0v) is 11.5. The molecule has 5 heteroatoms. The summed E-state index contributed by atoms with van der Waals surface area (Å²) >= 11 is 3.75. The van der Waals surface area contributed by atoms with Gasteiger partial charge in [0.15, 0.2) is 0 Å². The van der Waals surface area contributed by atoms with Gasteiger partial charge in [0.25, 0.3) is 5.91 Å². The summed E-state index contributed by atoms with van der Waals surface area (Å²) < 4.78 is 1.10. The normalized spacial score (nSPS) is 10.1. The number of aromatic nitrogens is 1. The van der Waals surface area contributed by atoms with Crippen molar-refractivity contribution in [2.75, 3.05) is 5.32 Å². The third-order valence-electron chi connectivity index (χ3n) is 2.00. The molecule has 0 bridgehead atoms. The monoisotopic (exact) mass is 344 g/mol. The van der Waals surface area contributed by atoms with Crippen LogP contribution in [-0.2, 0) is 0 Å². The van der Waals surface area contributed by atoms with Crippen molar-refractivity contribution in [1.29, 1.82) is 0 Å². The Bertz CT molecular complexity index is 507. The Labute approximate surface area is 111 Å². The minimum Gasteiger partial charge on any atom is -0.321 e. The van der Waals surface area contributed by atoms with Crippen molar-refractivity contribution in [3.63, 3.8) is 0 Å². The van der Waals surface area contributed by atoms with Gasteiger partial charge in [0.1, 0.15) is 0 Å². The van der Waals surface area contributed by atoms with Crippen molar-refractivity contribution in [3.8, 4) is 0 Å². The summed E-state index contributed by atoms with van der Waals surface area (Å²) in [7, 11) is 0. The average molecular weight is 344 g/mol. The second-order valence-electron chi connectivity index (χ2n) is 3.28. The Kier molecular flexibility index (Phi) is 3.55. The lowest BCUT2D eigenvalue weighted by Gasteiger charge is -2.02. The summed E-state index contributed by atoms with van der Waals surface area (Å²) in [6.45, 7) is 1.91. The molecule has 0 aliphatic carbocycles. The lowest BCUT2D eigenvalue weighted by molar-refractivity contribution is 0.102. The van der Waals surface area contributed by atoms with Gasteiger partial charge in [-0.3, -0.25) is 9.78 Å². The summed E-state index contributed by atoms with van der Waals surface area (Å²) in [6, 6.07) is 5.58. The molecule has 82 valence electrons. The van der Waals surface area contributed by atoms with Crippen LogP contribution in [-0.4, -0.2) is 10.9 Å². The second kappa shape index (κ2) is 4.92. The Morgan fingerprint density at radius 2 is 2.31 bits per heavy atom. The molecule has 2 heterocycles. The highest BCUT2D eigenvalue weighted by Crippen LogP contribution is 2.17. The van der Waals surface area contributed by atoms with E-state index in [9.17, 15) is 4.79 Å². The molecule has 0 atom stereocenters.